The van der Waals surface area contributed by atoms with Crippen LogP contribution in [0.25, 0.3) is 0 Å². The zero-order valence-electron chi connectivity index (χ0n) is 12.5. The highest BCUT2D eigenvalue weighted by Gasteiger charge is 2.34. The quantitative estimate of drug-likeness (QED) is 0.411. The first-order valence-corrected chi connectivity index (χ1v) is 10.1. The maximum Gasteiger partial charge on any atom is 0.193 e. The van der Waals surface area contributed by atoms with Gasteiger partial charge in [-0.05, 0) is 6.42 Å². The lowest BCUT2D eigenvalue weighted by molar-refractivity contribution is -0.120. The molecule has 0 fully saturated rings. The predicted octanol–water partition coefficient (Wildman–Crippen LogP) is 6.98. The van der Waals surface area contributed by atoms with E-state index in [-0.39, 0.29) is 36.4 Å². The summed E-state index contributed by atoms with van der Waals surface area (Å²) < 4.78 is -2.85. The number of hydrogen-bond acceptors (Lipinski definition) is 3. The van der Waals surface area contributed by atoms with Gasteiger partial charge in [-0.1, -0.05) is 83.5 Å². The summed E-state index contributed by atoms with van der Waals surface area (Å²) in [5.74, 6) is -0.710. The van der Waals surface area contributed by atoms with Crippen molar-refractivity contribution in [1.82, 2.24) is 4.98 Å². The third kappa shape index (κ3) is 7.85. The minimum absolute atomic E-state index is 0.000502. The van der Waals surface area contributed by atoms with Gasteiger partial charge in [-0.2, -0.15) is 0 Å². The van der Waals surface area contributed by atoms with Gasteiger partial charge in [0.2, 0.25) is 0 Å². The summed E-state index contributed by atoms with van der Waals surface area (Å²) in [6.45, 7) is 3.56. The first-order valence-electron chi connectivity index (χ1n) is 6.95. The molecule has 3 atom stereocenters. The van der Waals surface area contributed by atoms with E-state index in [1.54, 1.807) is 13.1 Å². The Morgan fingerprint density at radius 1 is 1.09 bits per heavy atom. The lowest BCUT2D eigenvalue weighted by Gasteiger charge is -2.25. The smallest absolute Gasteiger partial charge is 0.193 e. The van der Waals surface area contributed by atoms with E-state index in [1.807, 2.05) is 12.3 Å². The van der Waals surface area contributed by atoms with Crippen molar-refractivity contribution in [2.45, 2.75) is 46.6 Å². The molecule has 1 aromatic heterocycles. The Kier molecular flexibility index (Phi) is 8.75. The third-order valence-corrected chi connectivity index (χ3v) is 6.74. The van der Waals surface area contributed by atoms with Crippen LogP contribution in [0.1, 0.15) is 44.0 Å². The fraction of sp³-hybridized carbons (Fsp3) is 0.714. The van der Waals surface area contributed by atoms with Crippen molar-refractivity contribution in [2.24, 2.45) is 11.8 Å². The third-order valence-electron chi connectivity index (χ3n) is 3.56. The van der Waals surface area contributed by atoms with Crippen molar-refractivity contribution in [3.63, 3.8) is 0 Å². The molecule has 0 aliphatic carbocycles. The highest BCUT2D eigenvalue weighted by molar-refractivity contribution is 7.09. The van der Waals surface area contributed by atoms with Crippen LogP contribution in [0.3, 0.4) is 0 Å². The molecule has 0 saturated carbocycles. The van der Waals surface area contributed by atoms with E-state index in [0.717, 1.165) is 5.01 Å². The van der Waals surface area contributed by atoms with Crippen molar-refractivity contribution in [3.05, 3.63) is 16.6 Å². The van der Waals surface area contributed by atoms with Gasteiger partial charge in [-0.25, -0.2) is 4.98 Å². The average Bonchev–Trinajstić information content (AvgIpc) is 2.89. The van der Waals surface area contributed by atoms with Crippen molar-refractivity contribution >= 4 is 86.7 Å². The first kappa shape index (κ1) is 22.1. The largest absolute Gasteiger partial charge is 0.300 e. The van der Waals surface area contributed by atoms with Crippen molar-refractivity contribution in [3.8, 4) is 0 Å². The van der Waals surface area contributed by atoms with Gasteiger partial charge in [0.05, 0.1) is 5.01 Å². The van der Waals surface area contributed by atoms with Crippen LogP contribution in [0, 0.1) is 11.8 Å². The average molecular weight is 460 g/mol. The number of carbonyl (C=O) groups excluding carboxylic acids is 1. The van der Waals surface area contributed by atoms with E-state index in [4.69, 9.17) is 69.6 Å². The second kappa shape index (κ2) is 9.12. The minimum Gasteiger partial charge on any atom is -0.300 e. The fourth-order valence-corrected chi connectivity index (χ4v) is 3.34. The Morgan fingerprint density at radius 3 is 2.09 bits per heavy atom. The Hall–Kier alpha value is 1.04. The molecule has 1 aromatic rings. The van der Waals surface area contributed by atoms with Crippen LogP contribution in [0.15, 0.2) is 11.6 Å². The minimum atomic E-state index is -1.46. The molecule has 23 heavy (non-hydrogen) atoms. The Labute approximate surface area is 170 Å². The lowest BCUT2D eigenvalue weighted by atomic mass is 9.90. The molecule has 0 aromatic carbocycles. The van der Waals surface area contributed by atoms with Crippen LogP contribution in [0.2, 0.25) is 0 Å². The molecule has 132 valence electrons. The number of thiazole rings is 1. The second-order valence-corrected chi connectivity index (χ2v) is 11.3. The number of carbonyl (C=O) groups is 1. The van der Waals surface area contributed by atoms with Crippen LogP contribution in [-0.2, 0) is 4.79 Å². The van der Waals surface area contributed by atoms with Gasteiger partial charge in [0.1, 0.15) is 5.78 Å². The molecule has 0 bridgehead atoms. The lowest BCUT2D eigenvalue weighted by Crippen LogP contribution is -2.23. The maximum atomic E-state index is 12.3. The van der Waals surface area contributed by atoms with Crippen LogP contribution < -0.4 is 0 Å². The van der Waals surface area contributed by atoms with Gasteiger partial charge in [0, 0.05) is 42.2 Å². The normalized spacial score (nSPS) is 16.9. The maximum absolute atomic E-state index is 12.3. The summed E-state index contributed by atoms with van der Waals surface area (Å²) in [4.78, 5) is 16.6. The summed E-state index contributed by atoms with van der Waals surface area (Å²) in [6, 6.07) is 0. The molecule has 0 saturated heterocycles. The summed E-state index contributed by atoms with van der Waals surface area (Å²) in [6.07, 6.45) is 2.70. The molecule has 0 spiro atoms. The van der Waals surface area contributed by atoms with Crippen LogP contribution in [0.4, 0.5) is 0 Å². The topological polar surface area (TPSA) is 30.0 Å². The monoisotopic (exact) mass is 457 g/mol. The van der Waals surface area contributed by atoms with E-state index < -0.39 is 7.59 Å². The van der Waals surface area contributed by atoms with Crippen LogP contribution >= 0.6 is 80.9 Å². The molecule has 0 aliphatic heterocycles. The molecule has 0 aliphatic rings. The van der Waals surface area contributed by atoms with E-state index in [0.29, 0.717) is 6.42 Å². The molecule has 1 heterocycles. The summed E-state index contributed by atoms with van der Waals surface area (Å²) in [5, 5.41) is 2.71. The number of hydrogen-bond donors (Lipinski definition) is 0. The number of halogens is 6. The summed E-state index contributed by atoms with van der Waals surface area (Å²) >= 11 is 36.8. The SMILES string of the molecule is CC(CC(=O)CC(CC(C)C(Cl)(Cl)Cl)c1nccs1)C(Cl)(Cl)Cl. The molecule has 3 unspecified atom stereocenters. The van der Waals surface area contributed by atoms with Gasteiger partial charge in [-0.3, -0.25) is 4.79 Å². The molecule has 0 N–H and O–H groups in total. The van der Waals surface area contributed by atoms with Gasteiger partial charge in [0.25, 0.3) is 0 Å². The Bertz CT molecular complexity index is 496. The molecular weight excluding hydrogens is 443 g/mol. The molecule has 0 radical (unpaired) electrons. The van der Waals surface area contributed by atoms with Crippen molar-refractivity contribution < 1.29 is 4.79 Å². The number of aromatic nitrogens is 1. The predicted molar refractivity (Wildman–Crippen MR) is 103 cm³/mol. The van der Waals surface area contributed by atoms with E-state index in [1.165, 1.54) is 11.3 Å². The first-order chi connectivity index (χ1) is 10.4. The highest BCUT2D eigenvalue weighted by Crippen LogP contribution is 2.42. The Balaban J connectivity index is 2.77. The summed E-state index contributed by atoms with van der Waals surface area (Å²) in [5.41, 5.74) is 0. The van der Waals surface area contributed by atoms with Crippen molar-refractivity contribution in [2.75, 3.05) is 0 Å². The number of rotatable bonds is 7. The van der Waals surface area contributed by atoms with E-state index >= 15 is 0 Å². The van der Waals surface area contributed by atoms with E-state index in [2.05, 4.69) is 4.98 Å². The van der Waals surface area contributed by atoms with Gasteiger partial charge in [0.15, 0.2) is 7.59 Å². The standard InChI is InChI=1S/C14H17Cl6NOS/c1-8(13(15,16)17)5-10(12-21-3-4-23-12)7-11(22)6-9(2)14(18,19)20/h3-4,8-10H,5-7H2,1-2H3. The van der Waals surface area contributed by atoms with Crippen molar-refractivity contribution in [1.29, 1.82) is 0 Å². The molecule has 9 heteroatoms. The number of alkyl halides is 6. The molecule has 1 rings (SSSR count). The zero-order chi connectivity index (χ0) is 17.8. The van der Waals surface area contributed by atoms with Crippen LogP contribution in [0.5, 0.6) is 0 Å². The van der Waals surface area contributed by atoms with Gasteiger partial charge >= 0.3 is 0 Å². The van der Waals surface area contributed by atoms with Gasteiger partial charge in [-0.15, -0.1) is 11.3 Å². The highest BCUT2D eigenvalue weighted by atomic mass is 35.6. The fourth-order valence-electron chi connectivity index (χ4n) is 2.08. The number of ketones is 1. The molecule has 2 nitrogen and oxygen atoms in total. The number of Topliss-reactive ketones (excluding diaryl/α,β-unsaturated/α-hetero) is 1. The second-order valence-electron chi connectivity index (χ2n) is 5.64. The molecule has 0 amide bonds. The van der Waals surface area contributed by atoms with E-state index in [9.17, 15) is 4.79 Å². The summed E-state index contributed by atoms with van der Waals surface area (Å²) in [7, 11) is 0. The number of nitrogens with zero attached hydrogens (tertiary/aromatic N) is 1. The molecular formula is C14H17Cl6NOS. The van der Waals surface area contributed by atoms with Gasteiger partial charge < -0.3 is 0 Å². The zero-order valence-corrected chi connectivity index (χ0v) is 17.9. The van der Waals surface area contributed by atoms with Crippen LogP contribution in [-0.4, -0.2) is 18.4 Å². The Morgan fingerprint density at radius 2 is 1.65 bits per heavy atom.